The minimum atomic E-state index is -0.00343. The Morgan fingerprint density at radius 2 is 1.65 bits per heavy atom. The topological polar surface area (TPSA) is 29.1 Å². The molecule has 1 N–H and O–H groups in total. The van der Waals surface area contributed by atoms with E-state index in [1.807, 2.05) is 30.3 Å². The highest BCUT2D eigenvalue weighted by molar-refractivity contribution is 5.83. The van der Waals surface area contributed by atoms with Crippen molar-refractivity contribution in [1.82, 2.24) is 5.32 Å². The van der Waals surface area contributed by atoms with Crippen molar-refractivity contribution in [3.8, 4) is 0 Å². The van der Waals surface area contributed by atoms with E-state index in [4.69, 9.17) is 0 Å². The number of hydrogen-bond acceptors (Lipinski definition) is 1. The van der Waals surface area contributed by atoms with Crippen molar-refractivity contribution in [2.75, 3.05) is 6.54 Å². The summed E-state index contributed by atoms with van der Waals surface area (Å²) in [6.45, 7) is 5.12. The normalized spacial score (nSPS) is 12.1. The van der Waals surface area contributed by atoms with Gasteiger partial charge in [-0.1, -0.05) is 76.3 Å². The van der Waals surface area contributed by atoms with Crippen molar-refractivity contribution in [3.63, 3.8) is 0 Å². The molecule has 2 nitrogen and oxygen atoms in total. The average molecular weight is 275 g/mol. The van der Waals surface area contributed by atoms with Crippen LogP contribution in [0.15, 0.2) is 30.3 Å². The van der Waals surface area contributed by atoms with E-state index in [9.17, 15) is 4.79 Å². The van der Waals surface area contributed by atoms with Crippen molar-refractivity contribution >= 4 is 5.91 Å². The highest BCUT2D eigenvalue weighted by atomic mass is 16.1. The predicted molar refractivity (Wildman–Crippen MR) is 85.9 cm³/mol. The Bertz CT molecular complexity index is 361. The van der Waals surface area contributed by atoms with E-state index in [1.54, 1.807) is 0 Å². The third-order valence-corrected chi connectivity index (χ3v) is 3.76. The molecular weight excluding hydrogens is 246 g/mol. The number of amides is 1. The van der Waals surface area contributed by atoms with Crippen LogP contribution in [0.5, 0.6) is 0 Å². The van der Waals surface area contributed by atoms with Crippen LogP contribution in [-0.2, 0) is 4.79 Å². The fraction of sp³-hybridized carbons (Fsp3) is 0.611. The number of benzene rings is 1. The summed E-state index contributed by atoms with van der Waals surface area (Å²) in [5.41, 5.74) is 1.12. The molecular formula is C18H29NO. The van der Waals surface area contributed by atoms with Crippen LogP contribution in [0.25, 0.3) is 0 Å². The first-order valence-corrected chi connectivity index (χ1v) is 8.12. The monoisotopic (exact) mass is 275 g/mol. The van der Waals surface area contributed by atoms with E-state index >= 15 is 0 Å². The molecule has 1 amide bonds. The Morgan fingerprint density at radius 1 is 1.00 bits per heavy atom. The number of rotatable bonds is 10. The summed E-state index contributed by atoms with van der Waals surface area (Å²) in [7, 11) is 0. The Hall–Kier alpha value is -1.31. The minimum absolute atomic E-state index is 0.00343. The molecule has 1 unspecified atom stereocenters. The minimum Gasteiger partial charge on any atom is -0.356 e. The van der Waals surface area contributed by atoms with Gasteiger partial charge in [-0.25, -0.2) is 0 Å². The second-order valence-corrected chi connectivity index (χ2v) is 5.43. The van der Waals surface area contributed by atoms with Crippen molar-refractivity contribution in [1.29, 1.82) is 0 Å². The van der Waals surface area contributed by atoms with Crippen LogP contribution in [0.4, 0.5) is 0 Å². The van der Waals surface area contributed by atoms with E-state index in [0.29, 0.717) is 0 Å². The largest absolute Gasteiger partial charge is 0.356 e. The van der Waals surface area contributed by atoms with Crippen molar-refractivity contribution < 1.29 is 4.79 Å². The SMILES string of the molecule is CCCCCCCCNC(=O)C(CC)c1ccccc1. The molecule has 0 heterocycles. The number of hydrogen-bond donors (Lipinski definition) is 1. The second kappa shape index (κ2) is 10.5. The zero-order valence-corrected chi connectivity index (χ0v) is 13.0. The van der Waals surface area contributed by atoms with E-state index < -0.39 is 0 Å². The molecule has 0 aliphatic rings. The molecule has 0 bridgehead atoms. The molecule has 0 aliphatic heterocycles. The van der Waals surface area contributed by atoms with Crippen LogP contribution in [-0.4, -0.2) is 12.5 Å². The molecule has 0 aromatic heterocycles. The number of unbranched alkanes of at least 4 members (excludes halogenated alkanes) is 5. The quantitative estimate of drug-likeness (QED) is 0.618. The van der Waals surface area contributed by atoms with E-state index in [1.165, 1.54) is 32.1 Å². The number of nitrogens with one attached hydrogen (secondary N) is 1. The van der Waals surface area contributed by atoms with Gasteiger partial charge in [0.1, 0.15) is 0 Å². The molecule has 0 aliphatic carbocycles. The van der Waals surface area contributed by atoms with Gasteiger partial charge in [-0.15, -0.1) is 0 Å². The maximum Gasteiger partial charge on any atom is 0.227 e. The Balaban J connectivity index is 2.24. The molecule has 1 atom stereocenters. The molecule has 0 spiro atoms. The van der Waals surface area contributed by atoms with E-state index in [0.717, 1.165) is 24.9 Å². The number of carbonyl (C=O) groups excluding carboxylic acids is 1. The highest BCUT2D eigenvalue weighted by Crippen LogP contribution is 2.19. The van der Waals surface area contributed by atoms with Crippen LogP contribution in [0.2, 0.25) is 0 Å². The van der Waals surface area contributed by atoms with Crippen LogP contribution in [0, 0.1) is 0 Å². The molecule has 1 aromatic rings. The fourth-order valence-corrected chi connectivity index (χ4v) is 2.50. The van der Waals surface area contributed by atoms with Gasteiger partial charge in [0.15, 0.2) is 0 Å². The van der Waals surface area contributed by atoms with Crippen molar-refractivity contribution in [3.05, 3.63) is 35.9 Å². The zero-order chi connectivity index (χ0) is 14.6. The first kappa shape index (κ1) is 16.7. The summed E-state index contributed by atoms with van der Waals surface area (Å²) in [4.78, 5) is 12.2. The second-order valence-electron chi connectivity index (χ2n) is 5.43. The standard InChI is InChI=1S/C18H29NO/c1-3-5-6-7-8-12-15-19-18(20)17(4-2)16-13-10-9-11-14-16/h9-11,13-14,17H,3-8,12,15H2,1-2H3,(H,19,20). The van der Waals surface area contributed by atoms with Gasteiger partial charge in [-0.2, -0.15) is 0 Å². The maximum absolute atomic E-state index is 12.2. The first-order chi connectivity index (χ1) is 9.79. The Labute approximate surface area is 124 Å². The van der Waals surface area contributed by atoms with Gasteiger partial charge in [0.25, 0.3) is 0 Å². The van der Waals surface area contributed by atoms with Gasteiger partial charge < -0.3 is 5.32 Å². The summed E-state index contributed by atoms with van der Waals surface area (Å²) >= 11 is 0. The molecule has 112 valence electrons. The summed E-state index contributed by atoms with van der Waals surface area (Å²) in [6.07, 6.45) is 8.41. The van der Waals surface area contributed by atoms with Gasteiger partial charge in [0, 0.05) is 6.54 Å². The fourth-order valence-electron chi connectivity index (χ4n) is 2.50. The van der Waals surface area contributed by atoms with Crippen LogP contribution in [0.1, 0.15) is 70.3 Å². The third kappa shape index (κ3) is 6.23. The van der Waals surface area contributed by atoms with Crippen molar-refractivity contribution in [2.45, 2.75) is 64.7 Å². The lowest BCUT2D eigenvalue weighted by Gasteiger charge is -2.15. The zero-order valence-electron chi connectivity index (χ0n) is 13.0. The van der Waals surface area contributed by atoms with Gasteiger partial charge in [0.2, 0.25) is 5.91 Å². The van der Waals surface area contributed by atoms with Gasteiger partial charge in [-0.05, 0) is 18.4 Å². The summed E-state index contributed by atoms with van der Waals surface area (Å²) in [5, 5.41) is 3.08. The molecule has 1 rings (SSSR count). The van der Waals surface area contributed by atoms with E-state index in [2.05, 4.69) is 19.2 Å². The Morgan fingerprint density at radius 3 is 2.30 bits per heavy atom. The molecule has 0 radical (unpaired) electrons. The van der Waals surface area contributed by atoms with Crippen LogP contribution in [0.3, 0.4) is 0 Å². The van der Waals surface area contributed by atoms with Gasteiger partial charge >= 0.3 is 0 Å². The summed E-state index contributed by atoms with van der Waals surface area (Å²) < 4.78 is 0. The average Bonchev–Trinajstić information content (AvgIpc) is 2.48. The first-order valence-electron chi connectivity index (χ1n) is 8.12. The predicted octanol–water partition coefficient (Wildman–Crippen LogP) is 4.66. The lowest BCUT2D eigenvalue weighted by molar-refractivity contribution is -0.122. The van der Waals surface area contributed by atoms with Gasteiger partial charge in [0.05, 0.1) is 5.92 Å². The Kier molecular flexibility index (Phi) is 8.77. The maximum atomic E-state index is 12.2. The summed E-state index contributed by atoms with van der Waals surface area (Å²) in [6, 6.07) is 10.1. The molecule has 1 aromatic carbocycles. The molecule has 0 saturated carbocycles. The molecule has 20 heavy (non-hydrogen) atoms. The molecule has 0 fully saturated rings. The highest BCUT2D eigenvalue weighted by Gasteiger charge is 2.17. The van der Waals surface area contributed by atoms with E-state index in [-0.39, 0.29) is 11.8 Å². The third-order valence-electron chi connectivity index (χ3n) is 3.76. The lowest BCUT2D eigenvalue weighted by Crippen LogP contribution is -2.29. The molecule has 2 heteroatoms. The van der Waals surface area contributed by atoms with Gasteiger partial charge in [-0.3, -0.25) is 4.79 Å². The lowest BCUT2D eigenvalue weighted by atomic mass is 9.95. The smallest absolute Gasteiger partial charge is 0.227 e. The van der Waals surface area contributed by atoms with Crippen molar-refractivity contribution in [2.24, 2.45) is 0 Å². The van der Waals surface area contributed by atoms with Crippen LogP contribution < -0.4 is 5.32 Å². The van der Waals surface area contributed by atoms with Crippen LogP contribution >= 0.6 is 0 Å². The molecule has 0 saturated heterocycles. The number of carbonyl (C=O) groups is 1. The summed E-state index contributed by atoms with van der Waals surface area (Å²) in [5.74, 6) is 0.170.